The molecule has 0 radical (unpaired) electrons. The fourth-order valence-corrected chi connectivity index (χ4v) is 3.48. The minimum Gasteiger partial charge on any atom is -0.337 e. The summed E-state index contributed by atoms with van der Waals surface area (Å²) in [4.78, 5) is 14.3. The maximum absolute atomic E-state index is 12.5. The van der Waals surface area contributed by atoms with Gasteiger partial charge in [-0.3, -0.25) is 4.79 Å². The molecule has 0 aliphatic carbocycles. The van der Waals surface area contributed by atoms with E-state index in [1.165, 1.54) is 12.1 Å². The fourth-order valence-electron chi connectivity index (χ4n) is 2.41. The maximum atomic E-state index is 12.5. The summed E-state index contributed by atoms with van der Waals surface area (Å²) in [6, 6.07) is 4.62. The largest absolute Gasteiger partial charge is 0.337 e. The summed E-state index contributed by atoms with van der Waals surface area (Å²) in [5.41, 5.74) is 7.00. The Morgan fingerprint density at radius 1 is 1.45 bits per heavy atom. The molecule has 1 saturated heterocycles. The average molecular weight is 348 g/mol. The number of benzene rings is 1. The zero-order valence-corrected chi connectivity index (χ0v) is 14.3. The lowest BCUT2D eigenvalue weighted by atomic mass is 10.1. The highest BCUT2D eigenvalue weighted by atomic mass is 35.5. The SMILES string of the molecule is CCNS(=O)(=O)c1ccc(C)c(C(=O)N2CC[C@@H](N)C2)c1.Cl. The number of sulfonamides is 1. The molecule has 3 N–H and O–H groups in total. The molecule has 1 heterocycles. The molecule has 0 aromatic heterocycles. The molecule has 1 aliphatic heterocycles. The van der Waals surface area contributed by atoms with Crippen LogP contribution in [0.4, 0.5) is 0 Å². The first-order chi connectivity index (χ1) is 9.85. The summed E-state index contributed by atoms with van der Waals surface area (Å²) in [6.07, 6.45) is 0.778. The Kier molecular flexibility index (Phi) is 6.37. The van der Waals surface area contributed by atoms with Crippen LogP contribution in [0.15, 0.2) is 23.1 Å². The molecule has 1 amide bonds. The standard InChI is InChI=1S/C14H21N3O3S.ClH/c1-3-16-21(19,20)12-5-4-10(2)13(8-12)14(18)17-7-6-11(15)9-17;/h4-5,8,11,16H,3,6-7,9,15H2,1-2H3;1H/t11-;/m1./s1. The zero-order valence-electron chi connectivity index (χ0n) is 12.7. The topological polar surface area (TPSA) is 92.5 Å². The number of nitrogens with one attached hydrogen (secondary N) is 1. The van der Waals surface area contributed by atoms with E-state index in [4.69, 9.17) is 5.73 Å². The van der Waals surface area contributed by atoms with Crippen LogP contribution in [0.2, 0.25) is 0 Å². The van der Waals surface area contributed by atoms with E-state index >= 15 is 0 Å². The van der Waals surface area contributed by atoms with Crippen molar-refractivity contribution in [2.24, 2.45) is 5.73 Å². The second-order valence-electron chi connectivity index (χ2n) is 5.28. The van der Waals surface area contributed by atoms with Gasteiger partial charge in [0.25, 0.3) is 5.91 Å². The number of carbonyl (C=O) groups is 1. The second-order valence-corrected chi connectivity index (χ2v) is 7.04. The summed E-state index contributed by atoms with van der Waals surface area (Å²) < 4.78 is 26.5. The lowest BCUT2D eigenvalue weighted by molar-refractivity contribution is 0.0790. The van der Waals surface area contributed by atoms with Gasteiger partial charge in [0.05, 0.1) is 4.90 Å². The normalized spacial score (nSPS) is 18.1. The average Bonchev–Trinajstić information content (AvgIpc) is 2.85. The van der Waals surface area contributed by atoms with Crippen LogP contribution in [-0.2, 0) is 10.0 Å². The van der Waals surface area contributed by atoms with Crippen molar-refractivity contribution in [1.82, 2.24) is 9.62 Å². The summed E-state index contributed by atoms with van der Waals surface area (Å²) in [7, 11) is -3.56. The van der Waals surface area contributed by atoms with Crippen LogP contribution in [0, 0.1) is 6.92 Å². The van der Waals surface area contributed by atoms with Gasteiger partial charge in [-0.1, -0.05) is 13.0 Å². The van der Waals surface area contributed by atoms with E-state index < -0.39 is 10.0 Å². The van der Waals surface area contributed by atoms with Gasteiger partial charge in [-0.2, -0.15) is 0 Å². The van der Waals surface area contributed by atoms with Crippen molar-refractivity contribution in [2.45, 2.75) is 31.2 Å². The number of likely N-dealkylation sites (tertiary alicyclic amines) is 1. The molecule has 6 nitrogen and oxygen atoms in total. The molecule has 22 heavy (non-hydrogen) atoms. The van der Waals surface area contributed by atoms with Crippen LogP contribution in [0.5, 0.6) is 0 Å². The van der Waals surface area contributed by atoms with Crippen LogP contribution < -0.4 is 10.5 Å². The first-order valence-electron chi connectivity index (χ1n) is 7.00. The van der Waals surface area contributed by atoms with Gasteiger partial charge in [0.15, 0.2) is 0 Å². The molecule has 8 heteroatoms. The third-order valence-electron chi connectivity index (χ3n) is 3.60. The molecule has 1 aliphatic rings. The van der Waals surface area contributed by atoms with E-state index in [1.807, 2.05) is 0 Å². The van der Waals surface area contributed by atoms with E-state index in [-0.39, 0.29) is 29.3 Å². The van der Waals surface area contributed by atoms with Crippen LogP contribution in [0.25, 0.3) is 0 Å². The van der Waals surface area contributed by atoms with Crippen molar-refractivity contribution >= 4 is 28.3 Å². The van der Waals surface area contributed by atoms with Gasteiger partial charge in [0, 0.05) is 31.2 Å². The lowest BCUT2D eigenvalue weighted by Crippen LogP contribution is -2.32. The first kappa shape index (κ1) is 18.9. The van der Waals surface area contributed by atoms with Gasteiger partial charge in [0.1, 0.15) is 0 Å². The summed E-state index contributed by atoms with van der Waals surface area (Å²) >= 11 is 0. The number of amides is 1. The Bertz CT molecular complexity index is 649. The van der Waals surface area contributed by atoms with Crippen LogP contribution in [-0.4, -0.2) is 44.9 Å². The van der Waals surface area contributed by atoms with Gasteiger partial charge < -0.3 is 10.6 Å². The molecule has 0 unspecified atom stereocenters. The van der Waals surface area contributed by atoms with Crippen LogP contribution >= 0.6 is 12.4 Å². The van der Waals surface area contributed by atoms with Crippen molar-refractivity contribution in [3.05, 3.63) is 29.3 Å². The number of nitrogens with zero attached hydrogens (tertiary/aromatic N) is 1. The zero-order chi connectivity index (χ0) is 15.6. The van der Waals surface area contributed by atoms with Crippen molar-refractivity contribution in [2.75, 3.05) is 19.6 Å². The minimum atomic E-state index is -3.56. The Morgan fingerprint density at radius 2 is 2.14 bits per heavy atom. The smallest absolute Gasteiger partial charge is 0.254 e. The Morgan fingerprint density at radius 3 is 2.68 bits per heavy atom. The van der Waals surface area contributed by atoms with E-state index in [0.29, 0.717) is 25.2 Å². The predicted molar refractivity (Wildman–Crippen MR) is 87.8 cm³/mol. The highest BCUT2D eigenvalue weighted by Crippen LogP contribution is 2.19. The molecule has 1 aromatic carbocycles. The highest BCUT2D eigenvalue weighted by molar-refractivity contribution is 7.89. The third kappa shape index (κ3) is 3.98. The van der Waals surface area contributed by atoms with E-state index in [1.54, 1.807) is 24.8 Å². The number of aryl methyl sites for hydroxylation is 1. The number of carbonyl (C=O) groups excluding carboxylic acids is 1. The Hall–Kier alpha value is -1.15. The number of nitrogens with two attached hydrogens (primary N) is 1. The molecule has 0 saturated carbocycles. The third-order valence-corrected chi connectivity index (χ3v) is 5.14. The van der Waals surface area contributed by atoms with Crippen molar-refractivity contribution in [3.8, 4) is 0 Å². The second kappa shape index (κ2) is 7.41. The maximum Gasteiger partial charge on any atom is 0.254 e. The molecule has 0 bridgehead atoms. The first-order valence-corrected chi connectivity index (χ1v) is 8.48. The number of rotatable bonds is 4. The van der Waals surface area contributed by atoms with Crippen molar-refractivity contribution < 1.29 is 13.2 Å². The van der Waals surface area contributed by atoms with Gasteiger partial charge in [0.2, 0.25) is 10.0 Å². The van der Waals surface area contributed by atoms with Crippen molar-refractivity contribution in [1.29, 1.82) is 0 Å². The Balaban J connectivity index is 0.00000242. The van der Waals surface area contributed by atoms with Gasteiger partial charge >= 0.3 is 0 Å². The quantitative estimate of drug-likeness (QED) is 0.846. The number of halogens is 1. The summed E-state index contributed by atoms with van der Waals surface area (Å²) in [5.74, 6) is -0.158. The van der Waals surface area contributed by atoms with Gasteiger partial charge in [-0.15, -0.1) is 12.4 Å². The number of hydrogen-bond donors (Lipinski definition) is 2. The fraction of sp³-hybridized carbons (Fsp3) is 0.500. The van der Waals surface area contributed by atoms with Gasteiger partial charge in [-0.05, 0) is 31.0 Å². The summed E-state index contributed by atoms with van der Waals surface area (Å²) in [5, 5.41) is 0. The van der Waals surface area contributed by atoms with Crippen molar-refractivity contribution in [3.63, 3.8) is 0 Å². The molecule has 1 fully saturated rings. The molecule has 0 spiro atoms. The Labute approximate surface area is 137 Å². The minimum absolute atomic E-state index is 0. The lowest BCUT2D eigenvalue weighted by Gasteiger charge is -2.18. The van der Waals surface area contributed by atoms with E-state index in [2.05, 4.69) is 4.72 Å². The summed E-state index contributed by atoms with van der Waals surface area (Å²) in [6.45, 7) is 4.95. The highest BCUT2D eigenvalue weighted by Gasteiger charge is 2.26. The molecule has 1 atom stereocenters. The van der Waals surface area contributed by atoms with E-state index in [0.717, 1.165) is 12.0 Å². The van der Waals surface area contributed by atoms with Gasteiger partial charge in [-0.25, -0.2) is 13.1 Å². The molecular weight excluding hydrogens is 326 g/mol. The molecular formula is C14H22ClN3O3S. The van der Waals surface area contributed by atoms with Crippen LogP contribution in [0.3, 0.4) is 0 Å². The predicted octanol–water partition coefficient (Wildman–Crippen LogP) is 0.888. The van der Waals surface area contributed by atoms with Crippen LogP contribution in [0.1, 0.15) is 29.3 Å². The monoisotopic (exact) mass is 347 g/mol. The number of hydrogen-bond acceptors (Lipinski definition) is 4. The molecule has 124 valence electrons. The molecule has 1 aromatic rings. The van der Waals surface area contributed by atoms with E-state index in [9.17, 15) is 13.2 Å². The molecule has 2 rings (SSSR count).